The molecule has 1 aliphatic carbocycles. The predicted molar refractivity (Wildman–Crippen MR) is 104 cm³/mol. The summed E-state index contributed by atoms with van der Waals surface area (Å²) in [5, 5.41) is 2.70. The Kier molecular flexibility index (Phi) is 7.78. The van der Waals surface area contributed by atoms with Crippen LogP contribution in [0.4, 0.5) is 0 Å². The van der Waals surface area contributed by atoms with E-state index in [0.717, 1.165) is 12.8 Å². The summed E-state index contributed by atoms with van der Waals surface area (Å²) in [4.78, 5) is 25.9. The van der Waals surface area contributed by atoms with Gasteiger partial charge in [0.2, 0.25) is 15.9 Å². The van der Waals surface area contributed by atoms with Crippen molar-refractivity contribution in [2.24, 2.45) is 0 Å². The molecule has 1 aliphatic rings. The van der Waals surface area contributed by atoms with Crippen LogP contribution in [-0.2, 0) is 19.6 Å². The number of benzene rings is 1. The van der Waals surface area contributed by atoms with E-state index >= 15 is 0 Å². The van der Waals surface area contributed by atoms with E-state index < -0.39 is 15.9 Å². The molecule has 0 atom stereocenters. The van der Waals surface area contributed by atoms with Gasteiger partial charge >= 0.3 is 0 Å². The SMILES string of the molecule is COCCCNC(=O)CN(C)C(=O)c1cc(S(=O)(=O)NC2CC2)ccc1Br. The molecule has 0 saturated heterocycles. The molecule has 0 spiro atoms. The lowest BCUT2D eigenvalue weighted by Crippen LogP contribution is -2.39. The third-order valence-electron chi connectivity index (χ3n) is 3.95. The molecular formula is C17H24BrN3O5S. The van der Waals surface area contributed by atoms with Crippen LogP contribution in [0, 0.1) is 0 Å². The Balaban J connectivity index is 2.04. The number of likely N-dealkylation sites (N-methyl/N-ethyl adjacent to an activating group) is 1. The van der Waals surface area contributed by atoms with Crippen LogP contribution in [0.2, 0.25) is 0 Å². The van der Waals surface area contributed by atoms with Crippen LogP contribution in [0.3, 0.4) is 0 Å². The van der Waals surface area contributed by atoms with E-state index in [0.29, 0.717) is 24.0 Å². The minimum absolute atomic E-state index is 0.0257. The molecule has 150 valence electrons. The zero-order chi connectivity index (χ0) is 20.0. The van der Waals surface area contributed by atoms with Crippen molar-refractivity contribution in [2.45, 2.75) is 30.2 Å². The first kappa shape index (κ1) is 21.8. The molecule has 2 N–H and O–H groups in total. The molecule has 8 nitrogen and oxygen atoms in total. The van der Waals surface area contributed by atoms with Gasteiger partial charge in [-0.05, 0) is 53.4 Å². The minimum atomic E-state index is -3.67. The molecule has 1 fully saturated rings. The van der Waals surface area contributed by atoms with Gasteiger partial charge in [0.1, 0.15) is 0 Å². The van der Waals surface area contributed by atoms with Crippen molar-refractivity contribution in [1.29, 1.82) is 0 Å². The second kappa shape index (κ2) is 9.63. The van der Waals surface area contributed by atoms with Gasteiger partial charge in [-0.15, -0.1) is 0 Å². The number of carbonyl (C=O) groups is 2. The molecule has 1 aromatic rings. The fourth-order valence-corrected chi connectivity index (χ4v) is 4.06. The highest BCUT2D eigenvalue weighted by atomic mass is 79.9. The van der Waals surface area contributed by atoms with Gasteiger partial charge in [-0.2, -0.15) is 0 Å². The van der Waals surface area contributed by atoms with E-state index in [1.165, 1.54) is 30.1 Å². The molecule has 27 heavy (non-hydrogen) atoms. The molecule has 0 aromatic heterocycles. The van der Waals surface area contributed by atoms with Crippen molar-refractivity contribution in [1.82, 2.24) is 14.9 Å². The van der Waals surface area contributed by atoms with Crippen LogP contribution in [0.15, 0.2) is 27.6 Å². The van der Waals surface area contributed by atoms with Gasteiger partial charge in [0.25, 0.3) is 5.91 Å². The van der Waals surface area contributed by atoms with E-state index in [9.17, 15) is 18.0 Å². The van der Waals surface area contributed by atoms with Crippen molar-refractivity contribution in [3.8, 4) is 0 Å². The summed E-state index contributed by atoms with van der Waals surface area (Å²) in [5.74, 6) is -0.741. The molecule has 1 aromatic carbocycles. The number of hydrogen-bond acceptors (Lipinski definition) is 5. The van der Waals surface area contributed by atoms with Gasteiger partial charge in [0.05, 0.1) is 17.0 Å². The fraction of sp³-hybridized carbons (Fsp3) is 0.529. The topological polar surface area (TPSA) is 105 Å². The Morgan fingerprint density at radius 3 is 2.67 bits per heavy atom. The number of nitrogens with zero attached hydrogens (tertiary/aromatic N) is 1. The highest BCUT2D eigenvalue weighted by Gasteiger charge is 2.29. The predicted octanol–water partition coefficient (Wildman–Crippen LogP) is 1.11. The number of sulfonamides is 1. The summed E-state index contributed by atoms with van der Waals surface area (Å²) in [7, 11) is -0.592. The van der Waals surface area contributed by atoms with E-state index in [2.05, 4.69) is 26.0 Å². The smallest absolute Gasteiger partial charge is 0.255 e. The fourth-order valence-electron chi connectivity index (χ4n) is 2.32. The third kappa shape index (κ3) is 6.56. The lowest BCUT2D eigenvalue weighted by molar-refractivity contribution is -0.121. The Labute approximate surface area is 167 Å². The summed E-state index contributed by atoms with van der Waals surface area (Å²) in [6.07, 6.45) is 2.33. The second-order valence-electron chi connectivity index (χ2n) is 6.39. The Morgan fingerprint density at radius 1 is 1.33 bits per heavy atom. The molecular weight excluding hydrogens is 438 g/mol. The Morgan fingerprint density at radius 2 is 2.04 bits per heavy atom. The number of methoxy groups -OCH3 is 1. The number of halogens is 1. The number of rotatable bonds is 10. The number of amides is 2. The molecule has 0 bridgehead atoms. The number of ether oxygens (including phenoxy) is 1. The van der Waals surface area contributed by atoms with Crippen molar-refractivity contribution < 1.29 is 22.7 Å². The Bertz CT molecular complexity index is 796. The average molecular weight is 462 g/mol. The van der Waals surface area contributed by atoms with Gasteiger partial charge in [-0.25, -0.2) is 13.1 Å². The van der Waals surface area contributed by atoms with Crippen LogP contribution in [0.25, 0.3) is 0 Å². The highest BCUT2D eigenvalue weighted by molar-refractivity contribution is 9.10. The molecule has 10 heteroatoms. The van der Waals surface area contributed by atoms with Gasteiger partial charge in [-0.3, -0.25) is 9.59 Å². The summed E-state index contributed by atoms with van der Waals surface area (Å²) in [6.45, 7) is 0.868. The first-order valence-corrected chi connectivity index (χ1v) is 10.8. The van der Waals surface area contributed by atoms with E-state index in [-0.39, 0.29) is 29.0 Å². The summed E-state index contributed by atoms with van der Waals surface area (Å²) in [5.41, 5.74) is 0.184. The van der Waals surface area contributed by atoms with Crippen LogP contribution in [0.5, 0.6) is 0 Å². The Hall–Kier alpha value is -1.49. The van der Waals surface area contributed by atoms with Gasteiger partial charge in [0, 0.05) is 37.8 Å². The first-order chi connectivity index (χ1) is 12.7. The van der Waals surface area contributed by atoms with Crippen LogP contribution in [-0.4, -0.2) is 65.0 Å². The van der Waals surface area contributed by atoms with Crippen LogP contribution in [0.1, 0.15) is 29.6 Å². The van der Waals surface area contributed by atoms with E-state index in [1.807, 2.05) is 0 Å². The molecule has 2 rings (SSSR count). The second-order valence-corrected chi connectivity index (χ2v) is 8.96. The lowest BCUT2D eigenvalue weighted by Gasteiger charge is -2.18. The zero-order valence-electron chi connectivity index (χ0n) is 15.3. The minimum Gasteiger partial charge on any atom is -0.385 e. The number of carbonyl (C=O) groups excluding carboxylic acids is 2. The summed E-state index contributed by atoms with van der Waals surface area (Å²) >= 11 is 3.28. The molecule has 0 radical (unpaired) electrons. The standard InChI is InChI=1S/C17H24BrN3O5S/c1-21(11-16(22)19-8-3-9-26-2)17(23)14-10-13(6-7-15(14)18)27(24,25)20-12-4-5-12/h6-7,10,12,20H,3-5,8-9,11H2,1-2H3,(H,19,22). The van der Waals surface area contributed by atoms with Crippen LogP contribution < -0.4 is 10.0 Å². The van der Waals surface area contributed by atoms with Crippen LogP contribution >= 0.6 is 15.9 Å². The normalized spacial score (nSPS) is 14.0. The van der Waals surface area contributed by atoms with Crippen molar-refractivity contribution in [3.63, 3.8) is 0 Å². The molecule has 0 heterocycles. The number of hydrogen-bond donors (Lipinski definition) is 2. The van der Waals surface area contributed by atoms with Crippen molar-refractivity contribution in [3.05, 3.63) is 28.2 Å². The largest absolute Gasteiger partial charge is 0.385 e. The molecule has 0 aliphatic heterocycles. The van der Waals surface area contributed by atoms with Gasteiger partial charge in [-0.1, -0.05) is 0 Å². The van der Waals surface area contributed by atoms with Gasteiger partial charge < -0.3 is 15.0 Å². The molecule has 0 unspecified atom stereocenters. The monoisotopic (exact) mass is 461 g/mol. The molecule has 2 amide bonds. The maximum absolute atomic E-state index is 12.7. The van der Waals surface area contributed by atoms with E-state index in [4.69, 9.17) is 4.74 Å². The highest BCUT2D eigenvalue weighted by Crippen LogP contribution is 2.25. The molecule has 1 saturated carbocycles. The van der Waals surface area contributed by atoms with E-state index in [1.54, 1.807) is 7.11 Å². The zero-order valence-corrected chi connectivity index (χ0v) is 17.7. The summed E-state index contributed by atoms with van der Waals surface area (Å²) < 4.78 is 32.7. The quantitative estimate of drug-likeness (QED) is 0.507. The van der Waals surface area contributed by atoms with Gasteiger partial charge in [0.15, 0.2) is 0 Å². The first-order valence-electron chi connectivity index (χ1n) is 8.57. The maximum atomic E-state index is 12.7. The lowest BCUT2D eigenvalue weighted by atomic mass is 10.2. The maximum Gasteiger partial charge on any atom is 0.255 e. The summed E-state index contributed by atoms with van der Waals surface area (Å²) in [6, 6.07) is 4.26. The van der Waals surface area contributed by atoms with Crippen molar-refractivity contribution in [2.75, 3.05) is 33.9 Å². The third-order valence-corrected chi connectivity index (χ3v) is 6.16. The number of nitrogens with one attached hydrogen (secondary N) is 2. The average Bonchev–Trinajstić information content (AvgIpc) is 3.41. The van der Waals surface area contributed by atoms with Crippen molar-refractivity contribution >= 4 is 37.8 Å².